The first kappa shape index (κ1) is 29.7. The summed E-state index contributed by atoms with van der Waals surface area (Å²) >= 11 is 0. The van der Waals surface area contributed by atoms with Crippen molar-refractivity contribution in [3.8, 4) is 0 Å². The van der Waals surface area contributed by atoms with E-state index >= 15 is 0 Å². The third-order valence-corrected chi connectivity index (χ3v) is 10.9. The zero-order chi connectivity index (χ0) is 29.7. The summed E-state index contributed by atoms with van der Waals surface area (Å²) in [5, 5.41) is 0. The first-order valence-corrected chi connectivity index (χ1v) is 16.4. The maximum Gasteiger partial charge on any atom is 0.409 e. The summed E-state index contributed by atoms with van der Waals surface area (Å²) in [7, 11) is 1.91. The van der Waals surface area contributed by atoms with Gasteiger partial charge in [0.15, 0.2) is 0 Å². The molecule has 1 atom stereocenters. The molecule has 0 radical (unpaired) electrons. The van der Waals surface area contributed by atoms with Crippen molar-refractivity contribution < 1.29 is 14.3 Å². The number of hydrogen-bond acceptors (Lipinski definition) is 4. The summed E-state index contributed by atoms with van der Waals surface area (Å²) in [4.78, 5) is 32.9. The van der Waals surface area contributed by atoms with Gasteiger partial charge in [0.25, 0.3) is 0 Å². The van der Waals surface area contributed by atoms with Crippen molar-refractivity contribution in [1.29, 1.82) is 0 Å². The molecular formula is C37H47N3O3. The van der Waals surface area contributed by atoms with E-state index in [1.807, 2.05) is 47.2 Å². The van der Waals surface area contributed by atoms with Gasteiger partial charge in [-0.2, -0.15) is 0 Å². The second-order valence-electron chi connectivity index (χ2n) is 13.3. The molecule has 2 aliphatic carbocycles. The Hall–Kier alpha value is -3.38. The van der Waals surface area contributed by atoms with Gasteiger partial charge in [-0.25, -0.2) is 4.79 Å². The third kappa shape index (κ3) is 6.45. The molecule has 2 aromatic carbocycles. The zero-order valence-electron chi connectivity index (χ0n) is 25.7. The molecule has 2 aromatic rings. The molecule has 6 heteroatoms. The number of carbonyl (C=O) groups excluding carboxylic acids is 2. The average molecular weight is 582 g/mol. The number of amides is 2. The molecule has 1 unspecified atom stereocenters. The van der Waals surface area contributed by atoms with Crippen molar-refractivity contribution in [1.82, 2.24) is 9.80 Å². The highest BCUT2D eigenvalue weighted by Crippen LogP contribution is 2.46. The van der Waals surface area contributed by atoms with Crippen LogP contribution in [0.3, 0.4) is 0 Å². The van der Waals surface area contributed by atoms with E-state index in [2.05, 4.69) is 59.5 Å². The third-order valence-electron chi connectivity index (χ3n) is 10.9. The van der Waals surface area contributed by atoms with Gasteiger partial charge in [0, 0.05) is 31.2 Å². The number of para-hydroxylation sites is 1. The Morgan fingerprint density at radius 2 is 1.58 bits per heavy atom. The Labute approximate surface area is 257 Å². The molecule has 2 saturated heterocycles. The average Bonchev–Trinajstić information content (AvgIpc) is 3.39. The van der Waals surface area contributed by atoms with Crippen molar-refractivity contribution in [2.75, 3.05) is 44.7 Å². The van der Waals surface area contributed by atoms with Crippen LogP contribution in [0.2, 0.25) is 0 Å². The molecule has 4 aliphatic rings. The van der Waals surface area contributed by atoms with E-state index < -0.39 is 0 Å². The maximum absolute atomic E-state index is 13.6. The second-order valence-corrected chi connectivity index (χ2v) is 13.3. The molecule has 3 fully saturated rings. The van der Waals surface area contributed by atoms with Gasteiger partial charge in [0.05, 0.1) is 12.0 Å². The van der Waals surface area contributed by atoms with Crippen LogP contribution in [0, 0.1) is 11.3 Å². The van der Waals surface area contributed by atoms with Crippen LogP contribution in [-0.4, -0.2) is 67.7 Å². The van der Waals surface area contributed by atoms with E-state index in [9.17, 15) is 9.59 Å². The molecule has 2 amide bonds. The lowest BCUT2D eigenvalue weighted by molar-refractivity contribution is -0.128. The van der Waals surface area contributed by atoms with E-state index in [0.717, 1.165) is 89.7 Å². The molecule has 6 nitrogen and oxygen atoms in total. The number of benzene rings is 2. The highest BCUT2D eigenvalue weighted by molar-refractivity contribution is 6.00. The summed E-state index contributed by atoms with van der Waals surface area (Å²) in [5.74, 6) is 0.603. The van der Waals surface area contributed by atoms with E-state index in [-0.39, 0.29) is 28.9 Å². The lowest BCUT2D eigenvalue weighted by Gasteiger charge is -2.45. The summed E-state index contributed by atoms with van der Waals surface area (Å²) in [6, 6.07) is 21.4. The molecule has 0 bridgehead atoms. The van der Waals surface area contributed by atoms with Gasteiger partial charge in [-0.3, -0.25) is 4.79 Å². The summed E-state index contributed by atoms with van der Waals surface area (Å²) in [5.41, 5.74) is 2.38. The van der Waals surface area contributed by atoms with E-state index in [1.54, 1.807) is 0 Å². The molecule has 43 heavy (non-hydrogen) atoms. The van der Waals surface area contributed by atoms with Crippen molar-refractivity contribution in [3.05, 3.63) is 90.5 Å². The van der Waals surface area contributed by atoms with Gasteiger partial charge in [-0.1, -0.05) is 72.8 Å². The van der Waals surface area contributed by atoms with E-state index in [1.165, 1.54) is 5.56 Å². The predicted molar refractivity (Wildman–Crippen MR) is 172 cm³/mol. The monoisotopic (exact) mass is 581 g/mol. The maximum atomic E-state index is 13.6. The minimum Gasteiger partial charge on any atom is -0.449 e. The number of ether oxygens (including phenoxy) is 1. The van der Waals surface area contributed by atoms with Gasteiger partial charge in [0.1, 0.15) is 0 Å². The van der Waals surface area contributed by atoms with Crippen LogP contribution in [0.25, 0.3) is 0 Å². The quantitative estimate of drug-likeness (QED) is 0.338. The molecular weight excluding hydrogens is 534 g/mol. The number of anilines is 1. The number of allylic oxidation sites excluding steroid dienone is 3. The summed E-state index contributed by atoms with van der Waals surface area (Å²) in [6.45, 7) is 4.30. The van der Waals surface area contributed by atoms with Crippen LogP contribution in [0.5, 0.6) is 0 Å². The fraction of sp³-hybridized carbons (Fsp3) is 0.514. The first-order valence-electron chi connectivity index (χ1n) is 16.4. The van der Waals surface area contributed by atoms with Gasteiger partial charge in [0.2, 0.25) is 5.91 Å². The highest BCUT2D eigenvalue weighted by atomic mass is 16.6. The molecule has 2 aliphatic heterocycles. The topological polar surface area (TPSA) is 53.1 Å². The van der Waals surface area contributed by atoms with Crippen molar-refractivity contribution in [3.63, 3.8) is 0 Å². The van der Waals surface area contributed by atoms with Crippen molar-refractivity contribution >= 4 is 17.7 Å². The van der Waals surface area contributed by atoms with Crippen LogP contribution >= 0.6 is 0 Å². The lowest BCUT2D eigenvalue weighted by Crippen LogP contribution is -2.47. The van der Waals surface area contributed by atoms with Crippen molar-refractivity contribution in [2.45, 2.75) is 69.2 Å². The van der Waals surface area contributed by atoms with Crippen LogP contribution in [0.4, 0.5) is 10.5 Å². The smallest absolute Gasteiger partial charge is 0.409 e. The van der Waals surface area contributed by atoms with E-state index in [4.69, 9.17) is 4.74 Å². The van der Waals surface area contributed by atoms with Gasteiger partial charge >= 0.3 is 6.09 Å². The number of hydrogen-bond donors (Lipinski definition) is 0. The summed E-state index contributed by atoms with van der Waals surface area (Å²) in [6.07, 6.45) is 17.1. The summed E-state index contributed by atoms with van der Waals surface area (Å²) < 4.78 is 5.71. The molecule has 228 valence electrons. The second kappa shape index (κ2) is 13.1. The number of rotatable bonds is 8. The van der Waals surface area contributed by atoms with Crippen LogP contribution < -0.4 is 4.90 Å². The lowest BCUT2D eigenvalue weighted by atomic mass is 9.66. The highest BCUT2D eigenvalue weighted by Gasteiger charge is 2.48. The largest absolute Gasteiger partial charge is 0.449 e. The minimum atomic E-state index is -0.199. The Kier molecular flexibility index (Phi) is 9.03. The van der Waals surface area contributed by atoms with Gasteiger partial charge < -0.3 is 19.4 Å². The van der Waals surface area contributed by atoms with Crippen LogP contribution in [0.15, 0.2) is 85.0 Å². The minimum absolute atomic E-state index is 0.115. The van der Waals surface area contributed by atoms with Crippen LogP contribution in [-0.2, 0) is 14.9 Å². The number of nitrogens with zero attached hydrogens (tertiary/aromatic N) is 3. The zero-order valence-corrected chi connectivity index (χ0v) is 25.7. The van der Waals surface area contributed by atoms with Gasteiger partial charge in [-0.05, 0) is 101 Å². The Morgan fingerprint density at radius 1 is 0.907 bits per heavy atom. The molecule has 6 rings (SSSR count). The Morgan fingerprint density at radius 3 is 2.26 bits per heavy atom. The normalized spacial score (nSPS) is 27.0. The fourth-order valence-electron chi connectivity index (χ4n) is 7.92. The number of piperidine rings is 1. The number of carbonyl (C=O) groups is 2. The molecule has 1 saturated carbocycles. The van der Waals surface area contributed by atoms with Gasteiger partial charge in [-0.15, -0.1) is 0 Å². The van der Waals surface area contributed by atoms with Crippen molar-refractivity contribution in [2.24, 2.45) is 11.3 Å². The molecule has 0 N–H and O–H groups in total. The predicted octanol–water partition coefficient (Wildman–Crippen LogP) is 6.98. The number of likely N-dealkylation sites (tertiary alicyclic amines) is 1. The Balaban J connectivity index is 1.03. The standard InChI is InChI=1S/C37H47N3O3/c1-38(35(42)43-29-30-11-5-2-6-12-30)32-17-19-36(20-18-32,31-13-7-3-8-14-31)21-25-39-26-22-37(23-27-39)24-28-40(34(37)41)33-15-9-4-10-16-33/h2-11,13-16,30,32H,12,17-29H2,1H3. The Bertz CT molecular complexity index is 1290. The first-order chi connectivity index (χ1) is 21.0. The van der Waals surface area contributed by atoms with E-state index in [0.29, 0.717) is 12.5 Å². The molecule has 0 aromatic heterocycles. The fourth-order valence-corrected chi connectivity index (χ4v) is 7.92. The molecule has 1 spiro atoms. The van der Waals surface area contributed by atoms with Crippen LogP contribution in [0.1, 0.15) is 63.4 Å². The molecule has 2 heterocycles. The SMILES string of the molecule is CN(C(=O)OCC1C=CC=CC1)C1CCC(CCN2CCC3(CC2)CCN(c2ccccc2)C3=O)(c2ccccc2)CC1.